The van der Waals surface area contributed by atoms with Gasteiger partial charge < -0.3 is 14.2 Å². The zero-order valence-electron chi connectivity index (χ0n) is 53.2. The Balaban J connectivity index is 4.07. The maximum Gasteiger partial charge on any atom is 0.306 e. The Hall–Kier alpha value is -2.63. The Bertz CT molecular complexity index is 1360. The fourth-order valence-corrected chi connectivity index (χ4v) is 10.6. The molecule has 0 N–H and O–H groups in total. The summed E-state index contributed by atoms with van der Waals surface area (Å²) in [6.07, 6.45) is 86.0. The lowest BCUT2D eigenvalue weighted by molar-refractivity contribution is -0.167. The van der Waals surface area contributed by atoms with Gasteiger partial charge in [0.2, 0.25) is 0 Å². The number of esters is 3. The first-order valence-electron chi connectivity index (χ1n) is 35.1. The lowest BCUT2D eigenvalue weighted by atomic mass is 10.0. The Kier molecular flexibility index (Phi) is 65.6. The molecule has 0 aromatic carbocycles. The first-order chi connectivity index (χ1) is 39.0. The molecule has 0 rings (SSSR count). The minimum absolute atomic E-state index is 0.0716. The molecule has 0 aliphatic heterocycles. The van der Waals surface area contributed by atoms with E-state index < -0.39 is 6.10 Å². The number of hydrogen-bond acceptors (Lipinski definition) is 6. The van der Waals surface area contributed by atoms with E-state index in [0.717, 1.165) is 89.9 Å². The van der Waals surface area contributed by atoms with Gasteiger partial charge in [0, 0.05) is 19.3 Å². The van der Waals surface area contributed by atoms with Crippen molar-refractivity contribution in [3.63, 3.8) is 0 Å². The van der Waals surface area contributed by atoms with Gasteiger partial charge in [-0.1, -0.05) is 352 Å². The normalized spacial score (nSPS) is 12.3. The monoisotopic (exact) mass is 1110 g/mol. The number of rotatable bonds is 65. The molecule has 0 amide bonds. The van der Waals surface area contributed by atoms with Crippen LogP contribution in [0.1, 0.15) is 380 Å². The zero-order chi connectivity index (χ0) is 57.1. The van der Waals surface area contributed by atoms with Crippen molar-refractivity contribution in [3.8, 4) is 0 Å². The summed E-state index contributed by atoms with van der Waals surface area (Å²) in [5.41, 5.74) is 0. The van der Waals surface area contributed by atoms with E-state index in [4.69, 9.17) is 14.2 Å². The SMILES string of the molecule is CC/C=C\C/C=C\C/C=C\C/C=C\CCCCCCCCCCC(=O)OC(COC(=O)CCCCCCCCCCC)COC(=O)CCCCCCCCCCCCCCCCCCCCCCCCCCCCCCCCC. The molecule has 462 valence electrons. The van der Waals surface area contributed by atoms with Crippen LogP contribution in [-0.4, -0.2) is 37.2 Å². The van der Waals surface area contributed by atoms with Crippen LogP contribution in [0.4, 0.5) is 0 Å². The predicted octanol–water partition coefficient (Wildman–Crippen LogP) is 24.1. The van der Waals surface area contributed by atoms with Crippen LogP contribution in [0.2, 0.25) is 0 Å². The summed E-state index contributed by atoms with van der Waals surface area (Å²) in [5, 5.41) is 0. The quantitative estimate of drug-likeness (QED) is 0.0261. The van der Waals surface area contributed by atoms with Crippen LogP contribution in [-0.2, 0) is 28.6 Å². The Labute approximate surface area is 492 Å². The molecule has 0 radical (unpaired) electrons. The molecule has 0 saturated carbocycles. The lowest BCUT2D eigenvalue weighted by Gasteiger charge is -2.18. The van der Waals surface area contributed by atoms with Crippen LogP contribution in [0, 0.1) is 0 Å². The molecular formula is C73H134O6. The summed E-state index contributed by atoms with van der Waals surface area (Å²) in [4.78, 5) is 38.3. The van der Waals surface area contributed by atoms with Crippen molar-refractivity contribution in [2.24, 2.45) is 0 Å². The number of carbonyl (C=O) groups is 3. The smallest absolute Gasteiger partial charge is 0.306 e. The zero-order valence-corrected chi connectivity index (χ0v) is 53.2. The topological polar surface area (TPSA) is 78.9 Å². The average Bonchev–Trinajstić information content (AvgIpc) is 3.45. The number of ether oxygens (including phenoxy) is 3. The van der Waals surface area contributed by atoms with Gasteiger partial charge in [0.05, 0.1) is 0 Å². The van der Waals surface area contributed by atoms with E-state index in [2.05, 4.69) is 69.4 Å². The van der Waals surface area contributed by atoms with Gasteiger partial charge in [-0.3, -0.25) is 14.4 Å². The second-order valence-corrected chi connectivity index (χ2v) is 23.8. The van der Waals surface area contributed by atoms with E-state index >= 15 is 0 Å². The highest BCUT2D eigenvalue weighted by Crippen LogP contribution is 2.19. The molecule has 6 nitrogen and oxygen atoms in total. The molecule has 1 atom stereocenters. The lowest BCUT2D eigenvalue weighted by Crippen LogP contribution is -2.30. The first-order valence-corrected chi connectivity index (χ1v) is 35.1. The van der Waals surface area contributed by atoms with E-state index in [1.54, 1.807) is 0 Å². The third-order valence-corrected chi connectivity index (χ3v) is 15.8. The minimum atomic E-state index is -0.775. The van der Waals surface area contributed by atoms with Gasteiger partial charge in [-0.15, -0.1) is 0 Å². The average molecular weight is 1110 g/mol. The van der Waals surface area contributed by atoms with Crippen molar-refractivity contribution in [2.45, 2.75) is 386 Å². The fraction of sp³-hybridized carbons (Fsp3) is 0.849. The summed E-state index contributed by atoms with van der Waals surface area (Å²) >= 11 is 0. The van der Waals surface area contributed by atoms with Crippen molar-refractivity contribution >= 4 is 17.9 Å². The second-order valence-electron chi connectivity index (χ2n) is 23.8. The fourth-order valence-electron chi connectivity index (χ4n) is 10.6. The summed E-state index contributed by atoms with van der Waals surface area (Å²) in [6.45, 7) is 6.56. The Morgan fingerprint density at radius 2 is 0.494 bits per heavy atom. The molecule has 1 unspecified atom stereocenters. The van der Waals surface area contributed by atoms with Crippen molar-refractivity contribution < 1.29 is 28.6 Å². The highest BCUT2D eigenvalue weighted by Gasteiger charge is 2.19. The van der Waals surface area contributed by atoms with Crippen molar-refractivity contribution in [3.05, 3.63) is 48.6 Å². The molecule has 0 aliphatic carbocycles. The van der Waals surface area contributed by atoms with E-state index in [1.807, 2.05) is 0 Å². The molecular weight excluding hydrogens is 973 g/mol. The summed E-state index contributed by atoms with van der Waals surface area (Å²) < 4.78 is 16.9. The first kappa shape index (κ1) is 76.4. The highest BCUT2D eigenvalue weighted by atomic mass is 16.6. The number of hydrogen-bond donors (Lipinski definition) is 0. The third kappa shape index (κ3) is 66.1. The number of carbonyl (C=O) groups excluding carboxylic acids is 3. The van der Waals surface area contributed by atoms with Gasteiger partial charge in [-0.05, 0) is 57.8 Å². The van der Waals surface area contributed by atoms with E-state index in [9.17, 15) is 14.4 Å². The molecule has 0 bridgehead atoms. The Morgan fingerprint density at radius 1 is 0.266 bits per heavy atom. The van der Waals surface area contributed by atoms with Crippen LogP contribution in [0.3, 0.4) is 0 Å². The molecule has 0 fully saturated rings. The van der Waals surface area contributed by atoms with Crippen molar-refractivity contribution in [1.29, 1.82) is 0 Å². The van der Waals surface area contributed by atoms with Crippen LogP contribution in [0.25, 0.3) is 0 Å². The van der Waals surface area contributed by atoms with Gasteiger partial charge in [0.25, 0.3) is 0 Å². The third-order valence-electron chi connectivity index (χ3n) is 15.8. The molecule has 0 aliphatic rings. The second kappa shape index (κ2) is 67.9. The van der Waals surface area contributed by atoms with E-state index in [0.29, 0.717) is 19.3 Å². The molecule has 79 heavy (non-hydrogen) atoms. The molecule has 0 aromatic heterocycles. The maximum atomic E-state index is 12.9. The van der Waals surface area contributed by atoms with Crippen LogP contribution >= 0.6 is 0 Å². The molecule has 6 heteroatoms. The van der Waals surface area contributed by atoms with Gasteiger partial charge in [-0.2, -0.15) is 0 Å². The number of allylic oxidation sites excluding steroid dienone is 8. The number of unbranched alkanes of at least 4 members (excludes halogenated alkanes) is 46. The summed E-state index contributed by atoms with van der Waals surface area (Å²) in [5.74, 6) is -0.860. The van der Waals surface area contributed by atoms with Crippen LogP contribution in [0.5, 0.6) is 0 Å². The van der Waals surface area contributed by atoms with Crippen molar-refractivity contribution in [1.82, 2.24) is 0 Å². The van der Waals surface area contributed by atoms with Crippen LogP contribution in [0.15, 0.2) is 48.6 Å². The molecule has 0 heterocycles. The van der Waals surface area contributed by atoms with E-state index in [-0.39, 0.29) is 31.1 Å². The predicted molar refractivity (Wildman–Crippen MR) is 344 cm³/mol. The van der Waals surface area contributed by atoms with E-state index in [1.165, 1.54) is 250 Å². The largest absolute Gasteiger partial charge is 0.462 e. The summed E-state index contributed by atoms with van der Waals surface area (Å²) in [7, 11) is 0. The van der Waals surface area contributed by atoms with Gasteiger partial charge in [0.1, 0.15) is 13.2 Å². The Morgan fingerprint density at radius 3 is 0.772 bits per heavy atom. The molecule has 0 aromatic rings. The van der Waals surface area contributed by atoms with Crippen LogP contribution < -0.4 is 0 Å². The molecule has 0 saturated heterocycles. The van der Waals surface area contributed by atoms with Crippen molar-refractivity contribution in [2.75, 3.05) is 13.2 Å². The minimum Gasteiger partial charge on any atom is -0.462 e. The summed E-state index contributed by atoms with van der Waals surface area (Å²) in [6, 6.07) is 0. The highest BCUT2D eigenvalue weighted by molar-refractivity contribution is 5.71. The maximum absolute atomic E-state index is 12.9. The standard InChI is InChI=1S/C73H134O6/c1-4-7-10-13-16-19-21-23-25-27-29-31-32-33-34-35-36-37-38-39-40-42-43-45-47-49-51-54-57-60-63-66-72(75)78-69-70(68-77-71(74)65-62-59-56-53-18-15-12-9-6-3)79-73(76)67-64-61-58-55-52-50-48-46-44-41-30-28-26-24-22-20-17-14-11-8-5-2/h8,11,17,20,24,26,30,41,70H,4-7,9-10,12-16,18-19,21-23,25,27-29,31-40,42-69H2,1-3H3/b11-8-,20-17-,26-24-,41-30-. The van der Waals surface area contributed by atoms with Gasteiger partial charge in [-0.25, -0.2) is 0 Å². The van der Waals surface area contributed by atoms with Gasteiger partial charge >= 0.3 is 17.9 Å². The molecule has 0 spiro atoms. The van der Waals surface area contributed by atoms with Gasteiger partial charge in [0.15, 0.2) is 6.10 Å².